The number of benzene rings is 2. The Morgan fingerprint density at radius 3 is 2.61 bits per heavy atom. The zero-order valence-electron chi connectivity index (χ0n) is 18.5. The summed E-state index contributed by atoms with van der Waals surface area (Å²) in [6.45, 7) is 2.51. The minimum absolute atomic E-state index is 0.124. The molecule has 4 aromatic rings. The van der Waals surface area contributed by atoms with E-state index in [0.29, 0.717) is 23.8 Å². The second kappa shape index (κ2) is 10.8. The zero-order chi connectivity index (χ0) is 23.0. The van der Waals surface area contributed by atoms with Crippen LogP contribution in [-0.4, -0.2) is 38.7 Å². The van der Waals surface area contributed by atoms with E-state index in [0.717, 1.165) is 35.3 Å². The van der Waals surface area contributed by atoms with Crippen molar-refractivity contribution in [2.24, 2.45) is 0 Å². The summed E-state index contributed by atoms with van der Waals surface area (Å²) in [5, 5.41) is 16.2. The molecular weight excluding hydrogens is 438 g/mol. The highest BCUT2D eigenvalue weighted by Gasteiger charge is 2.15. The summed E-state index contributed by atoms with van der Waals surface area (Å²) in [7, 11) is 1.64. The van der Waals surface area contributed by atoms with Gasteiger partial charge in [-0.1, -0.05) is 47.3 Å². The molecule has 0 aliphatic rings. The number of thioether (sulfide) groups is 1. The Morgan fingerprint density at radius 1 is 1.12 bits per heavy atom. The van der Waals surface area contributed by atoms with Crippen LogP contribution in [0.15, 0.2) is 70.3 Å². The van der Waals surface area contributed by atoms with E-state index in [9.17, 15) is 4.79 Å². The van der Waals surface area contributed by atoms with E-state index in [1.807, 2.05) is 42.5 Å². The number of amides is 1. The molecule has 0 spiro atoms. The third-order valence-corrected chi connectivity index (χ3v) is 5.96. The van der Waals surface area contributed by atoms with Gasteiger partial charge in [0.1, 0.15) is 11.5 Å². The highest BCUT2D eigenvalue weighted by molar-refractivity contribution is 7.99. The summed E-state index contributed by atoms with van der Waals surface area (Å²) in [6, 6.07) is 19.8. The average Bonchev–Trinajstić information content (AvgIpc) is 3.44. The average molecular weight is 464 g/mol. The second-order valence-corrected chi connectivity index (χ2v) is 8.45. The number of carbonyl (C=O) groups excluding carboxylic acids is 1. The van der Waals surface area contributed by atoms with Gasteiger partial charge in [-0.25, -0.2) is 0 Å². The lowest BCUT2D eigenvalue weighted by molar-refractivity contribution is -0.115. The van der Waals surface area contributed by atoms with Crippen molar-refractivity contribution in [1.82, 2.24) is 19.9 Å². The van der Waals surface area contributed by atoms with E-state index in [-0.39, 0.29) is 5.91 Å². The number of aryl methyl sites for hydroxylation is 2. The molecule has 170 valence electrons. The standard InChI is InChI=1S/C24H25N5O3S/c1-17-16-21(28-32-17)25-22(30)13-15-33-24-27-26-23(19-8-10-20(31-2)11-9-19)29(24)14-12-18-6-4-3-5-7-18/h3-11,16H,12-15H2,1-2H3,(H,25,28,30). The molecule has 2 heterocycles. The molecular formula is C24H25N5O3S. The summed E-state index contributed by atoms with van der Waals surface area (Å²) in [5.41, 5.74) is 2.20. The van der Waals surface area contributed by atoms with Crippen molar-refractivity contribution >= 4 is 23.5 Å². The van der Waals surface area contributed by atoms with Gasteiger partial charge in [-0.05, 0) is 43.2 Å². The summed E-state index contributed by atoms with van der Waals surface area (Å²) < 4.78 is 12.4. The summed E-state index contributed by atoms with van der Waals surface area (Å²) in [4.78, 5) is 12.2. The van der Waals surface area contributed by atoms with Crippen molar-refractivity contribution in [2.45, 2.75) is 31.5 Å². The molecule has 33 heavy (non-hydrogen) atoms. The minimum atomic E-state index is -0.124. The number of hydrogen-bond donors (Lipinski definition) is 1. The molecule has 0 aliphatic carbocycles. The van der Waals surface area contributed by atoms with Crippen molar-refractivity contribution in [3.05, 3.63) is 72.0 Å². The molecule has 1 amide bonds. The molecule has 0 saturated heterocycles. The van der Waals surface area contributed by atoms with Crippen LogP contribution in [-0.2, 0) is 17.8 Å². The van der Waals surface area contributed by atoms with Crippen LogP contribution in [0.25, 0.3) is 11.4 Å². The van der Waals surface area contributed by atoms with Crippen LogP contribution in [0.4, 0.5) is 5.82 Å². The number of carbonyl (C=O) groups is 1. The van der Waals surface area contributed by atoms with E-state index in [4.69, 9.17) is 9.26 Å². The molecule has 1 N–H and O–H groups in total. The van der Waals surface area contributed by atoms with Gasteiger partial charge in [0.05, 0.1) is 7.11 Å². The van der Waals surface area contributed by atoms with Crippen LogP contribution in [0.1, 0.15) is 17.7 Å². The molecule has 9 heteroatoms. The first kappa shape index (κ1) is 22.6. The number of hydrogen-bond acceptors (Lipinski definition) is 7. The Labute approximate surface area is 196 Å². The Kier molecular flexibility index (Phi) is 7.41. The highest BCUT2D eigenvalue weighted by atomic mass is 32.2. The van der Waals surface area contributed by atoms with Crippen LogP contribution in [0, 0.1) is 6.92 Å². The van der Waals surface area contributed by atoms with Gasteiger partial charge < -0.3 is 19.1 Å². The lowest BCUT2D eigenvalue weighted by Crippen LogP contribution is -2.12. The monoisotopic (exact) mass is 463 g/mol. The van der Waals surface area contributed by atoms with Gasteiger partial charge in [0.15, 0.2) is 16.8 Å². The Morgan fingerprint density at radius 2 is 1.91 bits per heavy atom. The smallest absolute Gasteiger partial charge is 0.226 e. The van der Waals surface area contributed by atoms with Crippen molar-refractivity contribution < 1.29 is 14.1 Å². The summed E-state index contributed by atoms with van der Waals surface area (Å²) in [5.74, 6) is 3.10. The maximum Gasteiger partial charge on any atom is 0.226 e. The van der Waals surface area contributed by atoms with Crippen LogP contribution in [0.3, 0.4) is 0 Å². The van der Waals surface area contributed by atoms with Gasteiger partial charge in [-0.3, -0.25) is 4.79 Å². The maximum absolute atomic E-state index is 12.2. The SMILES string of the molecule is COc1ccc(-c2nnc(SCCC(=O)Nc3cc(C)on3)n2CCc2ccccc2)cc1. The van der Waals surface area contributed by atoms with Gasteiger partial charge in [0.2, 0.25) is 5.91 Å². The molecule has 0 saturated carbocycles. The Bertz CT molecular complexity index is 1190. The number of aromatic nitrogens is 4. The lowest BCUT2D eigenvalue weighted by atomic mass is 10.1. The maximum atomic E-state index is 12.2. The van der Waals surface area contributed by atoms with Crippen molar-refractivity contribution in [1.29, 1.82) is 0 Å². The van der Waals surface area contributed by atoms with Gasteiger partial charge in [0.25, 0.3) is 0 Å². The predicted molar refractivity (Wildman–Crippen MR) is 127 cm³/mol. The van der Waals surface area contributed by atoms with Crippen LogP contribution < -0.4 is 10.1 Å². The first-order valence-electron chi connectivity index (χ1n) is 10.6. The molecule has 0 unspecified atom stereocenters. The van der Waals surface area contributed by atoms with E-state index in [1.165, 1.54) is 17.3 Å². The number of nitrogens with one attached hydrogen (secondary N) is 1. The second-order valence-electron chi connectivity index (χ2n) is 7.39. The molecule has 2 aromatic carbocycles. The molecule has 0 fully saturated rings. The van der Waals surface area contributed by atoms with Crippen molar-refractivity contribution in [3.63, 3.8) is 0 Å². The van der Waals surface area contributed by atoms with Crippen LogP contribution in [0.5, 0.6) is 5.75 Å². The quantitative estimate of drug-likeness (QED) is 0.343. The zero-order valence-corrected chi connectivity index (χ0v) is 19.3. The number of ether oxygens (including phenoxy) is 1. The Hall–Kier alpha value is -3.59. The normalized spacial score (nSPS) is 10.8. The van der Waals surface area contributed by atoms with Gasteiger partial charge in [-0.15, -0.1) is 10.2 Å². The molecule has 0 radical (unpaired) electrons. The minimum Gasteiger partial charge on any atom is -0.497 e. The molecule has 0 atom stereocenters. The predicted octanol–water partition coefficient (Wildman–Crippen LogP) is 4.61. The molecule has 0 bridgehead atoms. The third kappa shape index (κ3) is 6.01. The number of anilines is 1. The number of nitrogens with zero attached hydrogens (tertiary/aromatic N) is 4. The molecule has 8 nitrogen and oxygen atoms in total. The summed E-state index contributed by atoms with van der Waals surface area (Å²) >= 11 is 1.51. The lowest BCUT2D eigenvalue weighted by Gasteiger charge is -2.11. The molecule has 4 rings (SSSR count). The van der Waals surface area contributed by atoms with E-state index < -0.39 is 0 Å². The summed E-state index contributed by atoms with van der Waals surface area (Å²) in [6.07, 6.45) is 1.17. The van der Waals surface area contributed by atoms with Crippen molar-refractivity contribution in [3.8, 4) is 17.1 Å². The fraction of sp³-hybridized carbons (Fsp3) is 0.250. The highest BCUT2D eigenvalue weighted by Crippen LogP contribution is 2.26. The van der Waals surface area contributed by atoms with Crippen LogP contribution in [0.2, 0.25) is 0 Å². The topological polar surface area (TPSA) is 95.1 Å². The van der Waals surface area contributed by atoms with Crippen molar-refractivity contribution in [2.75, 3.05) is 18.2 Å². The van der Waals surface area contributed by atoms with E-state index in [2.05, 4.69) is 37.4 Å². The number of methoxy groups -OCH3 is 1. The van der Waals surface area contributed by atoms with E-state index in [1.54, 1.807) is 20.1 Å². The third-order valence-electron chi connectivity index (χ3n) is 4.99. The fourth-order valence-electron chi connectivity index (χ4n) is 3.30. The molecule has 2 aromatic heterocycles. The first-order chi connectivity index (χ1) is 16.1. The Balaban J connectivity index is 1.46. The van der Waals surface area contributed by atoms with Gasteiger partial charge >= 0.3 is 0 Å². The number of rotatable bonds is 10. The van der Waals surface area contributed by atoms with Gasteiger partial charge in [-0.2, -0.15) is 0 Å². The van der Waals surface area contributed by atoms with E-state index >= 15 is 0 Å². The first-order valence-corrected chi connectivity index (χ1v) is 11.6. The van der Waals surface area contributed by atoms with Crippen LogP contribution >= 0.6 is 11.8 Å². The molecule has 0 aliphatic heterocycles. The fourth-order valence-corrected chi connectivity index (χ4v) is 4.20. The van der Waals surface area contributed by atoms with Gasteiger partial charge in [0, 0.05) is 30.3 Å². The largest absolute Gasteiger partial charge is 0.497 e.